The van der Waals surface area contributed by atoms with Gasteiger partial charge in [0.1, 0.15) is 5.69 Å². The number of rotatable bonds is 3. The molecule has 1 aromatic rings. The van der Waals surface area contributed by atoms with Gasteiger partial charge in [-0.1, -0.05) is 6.42 Å². The summed E-state index contributed by atoms with van der Waals surface area (Å²) in [5.41, 5.74) is -0.564. The molecule has 0 radical (unpaired) electrons. The van der Waals surface area contributed by atoms with Crippen molar-refractivity contribution in [3.05, 3.63) is 29.6 Å². The highest BCUT2D eigenvalue weighted by atomic mass is 19.4. The molecule has 1 aromatic heterocycles. The van der Waals surface area contributed by atoms with E-state index in [0.717, 1.165) is 31.0 Å². The van der Waals surface area contributed by atoms with Gasteiger partial charge < -0.3 is 10.6 Å². The Kier molecular flexibility index (Phi) is 3.97. The number of pyridine rings is 1. The summed E-state index contributed by atoms with van der Waals surface area (Å²) in [5.74, 6) is 1.29. The predicted octanol–water partition coefficient (Wildman–Crippen LogP) is 3.58. The zero-order valence-electron chi connectivity index (χ0n) is 12.0. The lowest BCUT2D eigenvalue weighted by Crippen LogP contribution is -2.44. The largest absolute Gasteiger partial charge is 0.433 e. The third-order valence-electron chi connectivity index (χ3n) is 4.62. The number of amides is 2. The monoisotopic (exact) mass is 317 g/mol. The maximum absolute atomic E-state index is 12.6. The molecule has 22 heavy (non-hydrogen) atoms. The van der Waals surface area contributed by atoms with E-state index in [9.17, 15) is 18.0 Å². The number of hydrogen-bond donors (Lipinski definition) is 2. The van der Waals surface area contributed by atoms with E-state index < -0.39 is 11.9 Å². The molecule has 0 aliphatic heterocycles. The first-order chi connectivity index (χ1) is 10.4. The number of nitrogens with one attached hydrogen (secondary N) is 2. The summed E-state index contributed by atoms with van der Waals surface area (Å²) < 4.78 is 37.7. The standard InChI is InChI=1S/C15H18F3N3O.2H2/c16-15(17,18)13-7-10(3-4-19-13)8-20-14(22)21-12-6-9-1-2-11(12)5-9;;/h3-4,7,9,11-12H,1-2,5-6,8H2,(H2,20,21,22);2*1H/t9-,11?,12+;;/m1../s1. The molecule has 2 saturated carbocycles. The second-order valence-electron chi connectivity index (χ2n) is 6.16. The molecule has 2 amide bonds. The van der Waals surface area contributed by atoms with Crippen molar-refractivity contribution in [1.82, 2.24) is 15.6 Å². The van der Waals surface area contributed by atoms with Crippen LogP contribution >= 0.6 is 0 Å². The number of halogens is 3. The minimum atomic E-state index is -4.47. The van der Waals surface area contributed by atoms with E-state index in [0.29, 0.717) is 11.5 Å². The molecule has 124 valence electrons. The number of nitrogens with zero attached hydrogens (tertiary/aromatic N) is 1. The van der Waals surface area contributed by atoms with Gasteiger partial charge in [-0.05, 0) is 48.8 Å². The Labute approximate surface area is 129 Å². The topological polar surface area (TPSA) is 54.0 Å². The summed E-state index contributed by atoms with van der Waals surface area (Å²) in [6, 6.07) is 2.31. The van der Waals surface area contributed by atoms with Crippen LogP contribution in [0.4, 0.5) is 18.0 Å². The van der Waals surface area contributed by atoms with Crippen LogP contribution in [0.1, 0.15) is 39.8 Å². The Bertz CT molecular complexity index is 571. The minimum Gasteiger partial charge on any atom is -0.335 e. The van der Waals surface area contributed by atoms with Crippen LogP contribution in [0.2, 0.25) is 0 Å². The molecule has 3 atom stereocenters. The maximum atomic E-state index is 12.6. The second-order valence-corrected chi connectivity index (χ2v) is 6.16. The Balaban J connectivity index is 0.00000144. The van der Waals surface area contributed by atoms with Crippen LogP contribution in [-0.2, 0) is 12.7 Å². The highest BCUT2D eigenvalue weighted by molar-refractivity contribution is 5.74. The molecule has 4 nitrogen and oxygen atoms in total. The Morgan fingerprint density at radius 2 is 2.18 bits per heavy atom. The van der Waals surface area contributed by atoms with Gasteiger partial charge in [-0.3, -0.25) is 4.98 Å². The lowest BCUT2D eigenvalue weighted by atomic mass is 9.95. The van der Waals surface area contributed by atoms with Crippen LogP contribution in [0, 0.1) is 11.8 Å². The summed E-state index contributed by atoms with van der Waals surface area (Å²) in [7, 11) is 0. The van der Waals surface area contributed by atoms with Gasteiger partial charge in [0, 0.05) is 21.6 Å². The van der Waals surface area contributed by atoms with Crippen molar-refractivity contribution < 1.29 is 20.8 Å². The van der Waals surface area contributed by atoms with Crippen molar-refractivity contribution in [3.8, 4) is 0 Å². The molecule has 3 rings (SSSR count). The molecule has 1 unspecified atom stereocenters. The van der Waals surface area contributed by atoms with Crippen LogP contribution in [0.3, 0.4) is 0 Å². The van der Waals surface area contributed by atoms with E-state index >= 15 is 0 Å². The molecule has 2 aliphatic rings. The lowest BCUT2D eigenvalue weighted by Gasteiger charge is -2.23. The first-order valence-electron chi connectivity index (χ1n) is 7.48. The van der Waals surface area contributed by atoms with Gasteiger partial charge >= 0.3 is 12.2 Å². The number of fused-ring (bicyclic) bond motifs is 2. The Hall–Kier alpha value is -1.79. The van der Waals surface area contributed by atoms with Crippen LogP contribution in [-0.4, -0.2) is 17.1 Å². The zero-order chi connectivity index (χ0) is 15.7. The van der Waals surface area contributed by atoms with Crippen LogP contribution < -0.4 is 10.6 Å². The fraction of sp³-hybridized carbons (Fsp3) is 0.600. The van der Waals surface area contributed by atoms with Gasteiger partial charge in [-0.25, -0.2) is 4.79 Å². The first-order valence-corrected chi connectivity index (χ1v) is 7.48. The highest BCUT2D eigenvalue weighted by Gasteiger charge is 2.40. The number of aromatic nitrogens is 1. The van der Waals surface area contributed by atoms with Crippen molar-refractivity contribution in [1.29, 1.82) is 0 Å². The van der Waals surface area contributed by atoms with E-state index in [1.807, 2.05) is 0 Å². The van der Waals surface area contributed by atoms with Crippen molar-refractivity contribution in [2.24, 2.45) is 11.8 Å². The zero-order valence-corrected chi connectivity index (χ0v) is 12.0. The summed E-state index contributed by atoms with van der Waals surface area (Å²) in [5, 5.41) is 5.56. The van der Waals surface area contributed by atoms with Gasteiger partial charge in [-0.15, -0.1) is 0 Å². The molecule has 2 N–H and O–H groups in total. The van der Waals surface area contributed by atoms with E-state index in [4.69, 9.17) is 0 Å². The quantitative estimate of drug-likeness (QED) is 0.895. The van der Waals surface area contributed by atoms with E-state index in [-0.39, 0.29) is 21.5 Å². The molecule has 1 heterocycles. The molecule has 0 saturated heterocycles. The molecule has 2 fully saturated rings. The molecule has 7 heteroatoms. The smallest absolute Gasteiger partial charge is 0.335 e. The van der Waals surface area contributed by atoms with Crippen molar-refractivity contribution in [2.45, 2.75) is 44.4 Å². The van der Waals surface area contributed by atoms with Crippen LogP contribution in [0.5, 0.6) is 0 Å². The van der Waals surface area contributed by atoms with Gasteiger partial charge in [0.15, 0.2) is 0 Å². The first kappa shape index (κ1) is 15.1. The van der Waals surface area contributed by atoms with Crippen LogP contribution in [0.25, 0.3) is 0 Å². The Morgan fingerprint density at radius 3 is 2.82 bits per heavy atom. The molecule has 2 aliphatic carbocycles. The van der Waals surface area contributed by atoms with Gasteiger partial charge in [0.25, 0.3) is 0 Å². The number of hydrogen-bond acceptors (Lipinski definition) is 2. The molecule has 0 aromatic carbocycles. The van der Waals surface area contributed by atoms with E-state index in [1.54, 1.807) is 0 Å². The third-order valence-corrected chi connectivity index (χ3v) is 4.62. The Morgan fingerprint density at radius 1 is 1.36 bits per heavy atom. The van der Waals surface area contributed by atoms with Gasteiger partial charge in [0.05, 0.1) is 0 Å². The van der Waals surface area contributed by atoms with Gasteiger partial charge in [-0.2, -0.15) is 13.2 Å². The normalized spacial score (nSPS) is 27.0. The maximum Gasteiger partial charge on any atom is 0.433 e. The third kappa shape index (κ3) is 3.34. The van der Waals surface area contributed by atoms with Crippen LogP contribution in [0.15, 0.2) is 18.3 Å². The molecule has 2 bridgehead atoms. The number of carbonyl (C=O) groups is 1. The lowest BCUT2D eigenvalue weighted by molar-refractivity contribution is -0.141. The molecule has 0 spiro atoms. The van der Waals surface area contributed by atoms with Crippen molar-refractivity contribution in [2.75, 3.05) is 0 Å². The van der Waals surface area contributed by atoms with E-state index in [2.05, 4.69) is 15.6 Å². The number of carbonyl (C=O) groups excluding carboxylic acids is 1. The highest BCUT2D eigenvalue weighted by Crippen LogP contribution is 2.44. The predicted molar refractivity (Wildman–Crippen MR) is 78.1 cm³/mol. The summed E-state index contributed by atoms with van der Waals surface area (Å²) in [6.45, 7) is 0.0538. The average molecular weight is 317 g/mol. The number of alkyl halides is 3. The van der Waals surface area contributed by atoms with Crippen molar-refractivity contribution in [3.63, 3.8) is 0 Å². The molecular formula is C15H22F3N3O. The number of urea groups is 1. The van der Waals surface area contributed by atoms with Gasteiger partial charge in [0.2, 0.25) is 0 Å². The summed E-state index contributed by atoms with van der Waals surface area (Å²) in [6.07, 6.45) is 1.25. The minimum absolute atomic E-state index is 0. The fourth-order valence-electron chi connectivity index (χ4n) is 3.56. The second kappa shape index (κ2) is 5.78. The van der Waals surface area contributed by atoms with E-state index in [1.165, 1.54) is 18.9 Å². The van der Waals surface area contributed by atoms with Crippen molar-refractivity contribution >= 4 is 6.03 Å². The molecular weight excluding hydrogens is 295 g/mol. The summed E-state index contributed by atoms with van der Waals surface area (Å²) >= 11 is 0. The SMILES string of the molecule is O=C(NCc1ccnc(C(F)(F)F)c1)N[C@H]1C[C@@H]2CCC1C2.[HH].[HH]. The fourth-order valence-corrected chi connectivity index (χ4v) is 3.56. The summed E-state index contributed by atoms with van der Waals surface area (Å²) in [4.78, 5) is 15.2. The average Bonchev–Trinajstić information content (AvgIpc) is 3.07.